The first-order valence-electron chi connectivity index (χ1n) is 14.6. The second kappa shape index (κ2) is 13.2. The number of rotatable bonds is 10. The highest BCUT2D eigenvalue weighted by Crippen LogP contribution is 2.65. The van der Waals surface area contributed by atoms with Crippen molar-refractivity contribution in [3.05, 3.63) is 60.2 Å². The molecule has 0 heterocycles. The monoisotopic (exact) mass is 541 g/mol. The Labute approximate surface area is 234 Å². The third-order valence-corrected chi connectivity index (χ3v) is 10.1. The summed E-state index contributed by atoms with van der Waals surface area (Å²) in [5, 5.41) is 50.3. The van der Waals surface area contributed by atoms with Gasteiger partial charge in [-0.25, -0.2) is 0 Å². The SMILES string of the molecule is C=C[C@@H]1CC2CC[C@@]1(C)C[C@]2(C)[C@@H](C)c1cccc2ccc(CC)cc12.CNC[C@H](O)[C@@H](O)[C@H](O)[C@H](O)CO. The van der Waals surface area contributed by atoms with Crippen LogP contribution >= 0.6 is 0 Å². The van der Waals surface area contributed by atoms with E-state index in [1.54, 1.807) is 12.6 Å². The molecule has 0 spiro atoms. The molecule has 0 saturated heterocycles. The molecule has 1 unspecified atom stereocenters. The van der Waals surface area contributed by atoms with Gasteiger partial charge in [0.2, 0.25) is 0 Å². The van der Waals surface area contributed by atoms with E-state index in [1.807, 2.05) is 0 Å². The van der Waals surface area contributed by atoms with Gasteiger partial charge >= 0.3 is 0 Å². The van der Waals surface area contributed by atoms with Crippen molar-refractivity contribution < 1.29 is 25.5 Å². The van der Waals surface area contributed by atoms with E-state index in [-0.39, 0.29) is 6.54 Å². The van der Waals surface area contributed by atoms with E-state index in [9.17, 15) is 5.11 Å². The van der Waals surface area contributed by atoms with E-state index in [4.69, 9.17) is 20.4 Å². The molecule has 0 radical (unpaired) electrons. The Bertz CT molecular complexity index is 1090. The van der Waals surface area contributed by atoms with Crippen LogP contribution in [0.5, 0.6) is 0 Å². The molecule has 0 amide bonds. The lowest BCUT2D eigenvalue weighted by atomic mass is 9.44. The summed E-state index contributed by atoms with van der Waals surface area (Å²) in [7, 11) is 1.57. The summed E-state index contributed by atoms with van der Waals surface area (Å²) in [5.41, 5.74) is 3.85. The van der Waals surface area contributed by atoms with Crippen molar-refractivity contribution in [3.8, 4) is 0 Å². The molecule has 2 aromatic rings. The van der Waals surface area contributed by atoms with Crippen LogP contribution in [0.4, 0.5) is 0 Å². The molecule has 6 nitrogen and oxygen atoms in total. The molecule has 0 aromatic heterocycles. The third-order valence-electron chi connectivity index (χ3n) is 10.1. The van der Waals surface area contributed by atoms with Gasteiger partial charge < -0.3 is 30.8 Å². The lowest BCUT2D eigenvalue weighted by Crippen LogP contribution is -2.51. The second-order valence-corrected chi connectivity index (χ2v) is 12.5. The number of fused-ring (bicyclic) bond motifs is 4. The average Bonchev–Trinajstić information content (AvgIpc) is 2.95. The van der Waals surface area contributed by atoms with Gasteiger partial charge in [-0.1, -0.05) is 70.2 Å². The second-order valence-electron chi connectivity index (χ2n) is 12.5. The summed E-state index contributed by atoms with van der Waals surface area (Å²) in [6.07, 6.45) is 3.17. The van der Waals surface area contributed by atoms with E-state index >= 15 is 0 Å². The number of nitrogens with one attached hydrogen (secondary N) is 1. The van der Waals surface area contributed by atoms with Gasteiger partial charge in [-0.15, -0.1) is 6.58 Å². The molecule has 3 aliphatic rings. The van der Waals surface area contributed by atoms with Crippen LogP contribution in [-0.4, -0.2) is 70.1 Å². The molecule has 3 aliphatic carbocycles. The number of aliphatic hydroxyl groups excluding tert-OH is 5. The Morgan fingerprint density at radius 1 is 1.08 bits per heavy atom. The maximum Gasteiger partial charge on any atom is 0.111 e. The number of aryl methyl sites for hydroxylation is 1. The zero-order chi connectivity index (χ0) is 29.0. The predicted molar refractivity (Wildman–Crippen MR) is 159 cm³/mol. The lowest BCUT2D eigenvalue weighted by Gasteiger charge is -2.61. The highest BCUT2D eigenvalue weighted by Gasteiger charge is 2.55. The summed E-state index contributed by atoms with van der Waals surface area (Å²) >= 11 is 0. The summed E-state index contributed by atoms with van der Waals surface area (Å²) in [5.74, 6) is 2.13. The fourth-order valence-electron chi connectivity index (χ4n) is 7.31. The largest absolute Gasteiger partial charge is 0.394 e. The van der Waals surface area contributed by atoms with Crippen molar-refractivity contribution in [2.45, 2.75) is 90.1 Å². The van der Waals surface area contributed by atoms with Crippen LogP contribution in [0.2, 0.25) is 0 Å². The Balaban J connectivity index is 0.000000276. The van der Waals surface area contributed by atoms with Gasteiger partial charge in [0, 0.05) is 6.54 Å². The Hall–Kier alpha value is -1.80. The fourth-order valence-corrected chi connectivity index (χ4v) is 7.31. The molecular weight excluding hydrogens is 490 g/mol. The van der Waals surface area contributed by atoms with Crippen LogP contribution in [-0.2, 0) is 6.42 Å². The molecule has 218 valence electrons. The first-order valence-corrected chi connectivity index (χ1v) is 14.6. The van der Waals surface area contributed by atoms with Gasteiger partial charge in [-0.3, -0.25) is 0 Å². The van der Waals surface area contributed by atoms with Crippen molar-refractivity contribution in [2.75, 3.05) is 20.2 Å². The van der Waals surface area contributed by atoms with Crippen molar-refractivity contribution in [2.24, 2.45) is 22.7 Å². The normalized spacial score (nSPS) is 30.1. The zero-order valence-corrected chi connectivity index (χ0v) is 24.5. The van der Waals surface area contributed by atoms with Gasteiger partial charge in [0.1, 0.15) is 18.3 Å². The smallest absolute Gasteiger partial charge is 0.111 e. The van der Waals surface area contributed by atoms with Gasteiger partial charge in [-0.05, 0) is 89.6 Å². The maximum atomic E-state index is 9.21. The summed E-state index contributed by atoms with van der Waals surface area (Å²) in [4.78, 5) is 0. The average molecular weight is 542 g/mol. The van der Waals surface area contributed by atoms with E-state index < -0.39 is 31.0 Å². The first kappa shape index (κ1) is 31.7. The summed E-state index contributed by atoms with van der Waals surface area (Å²) in [6, 6.07) is 14.0. The quantitative estimate of drug-likeness (QED) is 0.252. The number of aliphatic hydroxyl groups is 5. The van der Waals surface area contributed by atoms with Crippen LogP contribution < -0.4 is 5.32 Å². The van der Waals surface area contributed by atoms with E-state index in [0.717, 1.165) is 12.3 Å². The van der Waals surface area contributed by atoms with Crippen LogP contribution in [0.25, 0.3) is 10.8 Å². The molecule has 5 rings (SSSR count). The molecule has 3 saturated carbocycles. The van der Waals surface area contributed by atoms with E-state index in [1.165, 1.54) is 42.0 Å². The van der Waals surface area contributed by atoms with Crippen LogP contribution in [0, 0.1) is 22.7 Å². The predicted octanol–water partition coefficient (Wildman–Crippen LogP) is 4.17. The summed E-state index contributed by atoms with van der Waals surface area (Å²) in [6.45, 7) is 13.5. The minimum absolute atomic E-state index is 0.0936. The van der Waals surface area contributed by atoms with Gasteiger partial charge in [-0.2, -0.15) is 0 Å². The van der Waals surface area contributed by atoms with Gasteiger partial charge in [0.05, 0.1) is 12.7 Å². The standard InChI is InChI=1S/C26H34.C7H17NO5/c1-6-19-11-12-20-9-8-10-23(24(20)15-19)18(3)26(5)17-25(4)14-13-22(26)16-21(25)7-2;1-8-2-4(10)6(12)7(13)5(11)3-9/h7-12,15,18,21-22H,2,6,13-14,16-17H2,1,3-5H3;4-13H,2-3H2,1H3/t18-,21+,22?,25-,26+;4-,5+,6+,7+/m00/s1. The lowest BCUT2D eigenvalue weighted by molar-refractivity contribution is -0.113. The van der Waals surface area contributed by atoms with Crippen LogP contribution in [0.3, 0.4) is 0 Å². The Kier molecular flexibility index (Phi) is 10.8. The minimum Gasteiger partial charge on any atom is -0.394 e. The molecule has 2 aromatic carbocycles. The van der Waals surface area contributed by atoms with Crippen molar-refractivity contribution in [3.63, 3.8) is 0 Å². The molecule has 6 heteroatoms. The molecular formula is C33H51NO5. The van der Waals surface area contributed by atoms with Crippen molar-refractivity contribution in [1.82, 2.24) is 5.32 Å². The maximum absolute atomic E-state index is 9.21. The van der Waals surface area contributed by atoms with Crippen molar-refractivity contribution in [1.29, 1.82) is 0 Å². The highest BCUT2D eigenvalue weighted by atomic mass is 16.4. The first-order chi connectivity index (χ1) is 18.4. The van der Waals surface area contributed by atoms with Gasteiger partial charge in [0.15, 0.2) is 0 Å². The zero-order valence-electron chi connectivity index (χ0n) is 24.5. The number of allylic oxidation sites excluding steroid dienone is 1. The Morgan fingerprint density at radius 3 is 2.36 bits per heavy atom. The molecule has 6 N–H and O–H groups in total. The van der Waals surface area contributed by atoms with E-state index in [2.05, 4.69) is 82.1 Å². The molecule has 0 aliphatic heterocycles. The number of likely N-dealkylation sites (N-methyl/N-ethyl adjacent to an activating group) is 1. The van der Waals surface area contributed by atoms with Crippen molar-refractivity contribution >= 4 is 10.8 Å². The Morgan fingerprint density at radius 2 is 1.77 bits per heavy atom. The van der Waals surface area contributed by atoms with Gasteiger partial charge in [0.25, 0.3) is 0 Å². The topological polar surface area (TPSA) is 113 Å². The highest BCUT2D eigenvalue weighted by molar-refractivity contribution is 5.87. The van der Waals surface area contributed by atoms with Crippen LogP contribution in [0.1, 0.15) is 70.4 Å². The molecule has 39 heavy (non-hydrogen) atoms. The summed E-state index contributed by atoms with van der Waals surface area (Å²) < 4.78 is 0. The molecule has 3 fully saturated rings. The third kappa shape index (κ3) is 6.58. The molecule has 9 atom stereocenters. The number of benzene rings is 2. The van der Waals surface area contributed by atoms with Crippen LogP contribution in [0.15, 0.2) is 49.1 Å². The number of hydrogen-bond donors (Lipinski definition) is 6. The fraction of sp³-hybridized carbons (Fsp3) is 0.636. The minimum atomic E-state index is -1.55. The number of hydrogen-bond acceptors (Lipinski definition) is 6. The van der Waals surface area contributed by atoms with E-state index in [0.29, 0.717) is 22.7 Å². The molecule has 2 bridgehead atoms.